The summed E-state index contributed by atoms with van der Waals surface area (Å²) < 4.78 is 1.76. The molecule has 5 nitrogen and oxygen atoms in total. The van der Waals surface area contributed by atoms with Crippen LogP contribution in [0.25, 0.3) is 0 Å². The molecule has 0 aromatic carbocycles. The van der Waals surface area contributed by atoms with E-state index < -0.39 is 0 Å². The molecule has 0 radical (unpaired) electrons. The van der Waals surface area contributed by atoms with Gasteiger partial charge in [-0.25, -0.2) is 4.68 Å². The Morgan fingerprint density at radius 2 is 2.47 bits per heavy atom. The second-order valence-electron chi connectivity index (χ2n) is 3.82. The Morgan fingerprint density at radius 1 is 1.76 bits per heavy atom. The summed E-state index contributed by atoms with van der Waals surface area (Å²) in [5.74, 6) is 0.123. The Balaban J connectivity index is 2.85. The van der Waals surface area contributed by atoms with Crippen LogP contribution in [0.4, 0.5) is 5.69 Å². The molecule has 0 fully saturated rings. The predicted molar refractivity (Wildman–Crippen MR) is 71.1 cm³/mol. The minimum atomic E-state index is -0.202. The first-order chi connectivity index (χ1) is 8.10. The van der Waals surface area contributed by atoms with Crippen LogP contribution in [0.3, 0.4) is 0 Å². The Bertz CT molecular complexity index is 445. The highest BCUT2D eigenvalue weighted by atomic mass is 79.9. The van der Waals surface area contributed by atoms with Crippen LogP contribution in [0.1, 0.15) is 6.92 Å². The van der Waals surface area contributed by atoms with Crippen molar-refractivity contribution in [3.8, 4) is 0 Å². The number of rotatable bonds is 6. The van der Waals surface area contributed by atoms with Crippen molar-refractivity contribution in [1.29, 1.82) is 0 Å². The molecule has 1 aromatic heterocycles. The molecule has 17 heavy (non-hydrogen) atoms. The van der Waals surface area contributed by atoms with E-state index in [1.165, 1.54) is 4.68 Å². The Hall–Kier alpha value is -1.14. The standard InChI is InChI=1S/C11H16BrN3O2/c1-3-4-15-11(17)10(12)9(6-14-15)13-5-8(2)7-16/h3,6,8,13,16H,1,4-5,7H2,2H3. The van der Waals surface area contributed by atoms with E-state index in [0.29, 0.717) is 23.2 Å². The van der Waals surface area contributed by atoms with Crippen molar-refractivity contribution in [1.82, 2.24) is 9.78 Å². The van der Waals surface area contributed by atoms with Crippen molar-refractivity contribution >= 4 is 21.6 Å². The summed E-state index contributed by atoms with van der Waals surface area (Å²) in [4.78, 5) is 11.8. The number of anilines is 1. The van der Waals surface area contributed by atoms with Gasteiger partial charge in [0.05, 0.1) is 18.4 Å². The van der Waals surface area contributed by atoms with Gasteiger partial charge in [0.1, 0.15) is 4.47 Å². The lowest BCUT2D eigenvalue weighted by atomic mass is 10.2. The van der Waals surface area contributed by atoms with Crippen LogP contribution in [0.5, 0.6) is 0 Å². The van der Waals surface area contributed by atoms with E-state index in [9.17, 15) is 4.79 Å². The summed E-state index contributed by atoms with van der Waals surface area (Å²) in [6, 6.07) is 0. The zero-order valence-electron chi connectivity index (χ0n) is 9.69. The summed E-state index contributed by atoms with van der Waals surface area (Å²) in [5, 5.41) is 16.0. The molecule has 0 amide bonds. The van der Waals surface area contributed by atoms with Gasteiger partial charge in [0.25, 0.3) is 5.56 Å². The summed E-state index contributed by atoms with van der Waals surface area (Å²) in [6.45, 7) is 6.54. The first-order valence-corrected chi connectivity index (χ1v) is 6.10. The summed E-state index contributed by atoms with van der Waals surface area (Å²) in [5.41, 5.74) is 0.433. The van der Waals surface area contributed by atoms with Gasteiger partial charge in [-0.2, -0.15) is 5.10 Å². The molecule has 1 heterocycles. The summed E-state index contributed by atoms with van der Waals surface area (Å²) in [6.07, 6.45) is 3.20. The molecule has 6 heteroatoms. The quantitative estimate of drug-likeness (QED) is 0.776. The third-order valence-corrected chi connectivity index (χ3v) is 3.01. The molecule has 0 aliphatic heterocycles. The van der Waals surface area contributed by atoms with Crippen molar-refractivity contribution in [2.45, 2.75) is 13.5 Å². The maximum atomic E-state index is 11.8. The van der Waals surface area contributed by atoms with Crippen LogP contribution >= 0.6 is 15.9 Å². The molecule has 0 saturated carbocycles. The van der Waals surface area contributed by atoms with Gasteiger partial charge in [-0.15, -0.1) is 6.58 Å². The van der Waals surface area contributed by atoms with E-state index in [0.717, 1.165) is 0 Å². The predicted octanol–water partition coefficient (Wildman–Crippen LogP) is 1.23. The SMILES string of the molecule is C=CCn1ncc(NCC(C)CO)c(Br)c1=O. The van der Waals surface area contributed by atoms with Crippen LogP contribution < -0.4 is 10.9 Å². The molecule has 0 aliphatic carbocycles. The molecule has 1 rings (SSSR count). The van der Waals surface area contributed by atoms with Gasteiger partial charge >= 0.3 is 0 Å². The summed E-state index contributed by atoms with van der Waals surface area (Å²) >= 11 is 3.24. The van der Waals surface area contributed by atoms with Crippen molar-refractivity contribution in [2.75, 3.05) is 18.5 Å². The summed E-state index contributed by atoms with van der Waals surface area (Å²) in [7, 11) is 0. The second-order valence-corrected chi connectivity index (χ2v) is 4.61. The minimum Gasteiger partial charge on any atom is -0.396 e. The van der Waals surface area contributed by atoms with Crippen molar-refractivity contribution in [3.63, 3.8) is 0 Å². The third kappa shape index (κ3) is 3.67. The fraction of sp³-hybridized carbons (Fsp3) is 0.455. The number of nitrogens with one attached hydrogen (secondary N) is 1. The van der Waals surface area contributed by atoms with E-state index in [1.807, 2.05) is 6.92 Å². The van der Waals surface area contributed by atoms with Crippen LogP contribution in [0.15, 0.2) is 28.1 Å². The molecular weight excluding hydrogens is 286 g/mol. The molecule has 1 aromatic rings. The first kappa shape index (κ1) is 13.9. The van der Waals surface area contributed by atoms with Crippen LogP contribution in [-0.4, -0.2) is 28.0 Å². The molecule has 0 spiro atoms. The topological polar surface area (TPSA) is 67.2 Å². The molecule has 0 aliphatic rings. The molecular formula is C11H16BrN3O2. The minimum absolute atomic E-state index is 0.103. The largest absolute Gasteiger partial charge is 0.396 e. The van der Waals surface area contributed by atoms with Gasteiger partial charge < -0.3 is 10.4 Å². The van der Waals surface area contributed by atoms with Gasteiger partial charge in [-0.1, -0.05) is 13.0 Å². The maximum absolute atomic E-state index is 11.8. The zero-order chi connectivity index (χ0) is 12.8. The van der Waals surface area contributed by atoms with E-state index >= 15 is 0 Å². The Morgan fingerprint density at radius 3 is 3.06 bits per heavy atom. The van der Waals surface area contributed by atoms with Crippen LogP contribution in [-0.2, 0) is 6.54 Å². The van der Waals surface area contributed by atoms with E-state index in [-0.39, 0.29) is 18.1 Å². The van der Waals surface area contributed by atoms with Crippen molar-refractivity contribution in [3.05, 3.63) is 33.7 Å². The lowest BCUT2D eigenvalue weighted by molar-refractivity contribution is 0.244. The van der Waals surface area contributed by atoms with Crippen molar-refractivity contribution in [2.24, 2.45) is 5.92 Å². The van der Waals surface area contributed by atoms with Gasteiger partial charge in [-0.05, 0) is 21.8 Å². The van der Waals surface area contributed by atoms with Gasteiger partial charge in [0.15, 0.2) is 0 Å². The number of aliphatic hydroxyl groups excluding tert-OH is 1. The average Bonchev–Trinajstić information content (AvgIpc) is 2.34. The number of aromatic nitrogens is 2. The number of hydrogen-bond donors (Lipinski definition) is 2. The third-order valence-electron chi connectivity index (χ3n) is 2.24. The van der Waals surface area contributed by atoms with Gasteiger partial charge in [0.2, 0.25) is 0 Å². The second kappa shape index (κ2) is 6.56. The number of allylic oxidation sites excluding steroid dienone is 1. The molecule has 94 valence electrons. The number of nitrogens with zero attached hydrogens (tertiary/aromatic N) is 2. The molecule has 0 saturated heterocycles. The van der Waals surface area contributed by atoms with E-state index in [2.05, 4.69) is 32.9 Å². The van der Waals surface area contributed by atoms with E-state index in [4.69, 9.17) is 5.11 Å². The Kier molecular flexibility index (Phi) is 5.37. The molecule has 1 atom stereocenters. The maximum Gasteiger partial charge on any atom is 0.283 e. The highest BCUT2D eigenvalue weighted by molar-refractivity contribution is 9.10. The van der Waals surface area contributed by atoms with Gasteiger partial charge in [0, 0.05) is 13.2 Å². The number of hydrogen-bond acceptors (Lipinski definition) is 4. The zero-order valence-corrected chi connectivity index (χ0v) is 11.3. The Labute approximate surface area is 108 Å². The smallest absolute Gasteiger partial charge is 0.283 e. The van der Waals surface area contributed by atoms with Crippen molar-refractivity contribution < 1.29 is 5.11 Å². The molecule has 0 bridgehead atoms. The lowest BCUT2D eigenvalue weighted by Gasteiger charge is -2.12. The highest BCUT2D eigenvalue weighted by Crippen LogP contribution is 2.16. The number of aliphatic hydroxyl groups is 1. The van der Waals surface area contributed by atoms with Crippen LogP contribution in [0.2, 0.25) is 0 Å². The molecule has 2 N–H and O–H groups in total. The van der Waals surface area contributed by atoms with Gasteiger partial charge in [-0.3, -0.25) is 4.79 Å². The first-order valence-electron chi connectivity index (χ1n) is 5.31. The lowest BCUT2D eigenvalue weighted by Crippen LogP contribution is -2.25. The fourth-order valence-corrected chi connectivity index (χ4v) is 1.64. The normalized spacial score (nSPS) is 12.2. The average molecular weight is 302 g/mol. The van der Waals surface area contributed by atoms with Crippen LogP contribution in [0, 0.1) is 5.92 Å². The highest BCUT2D eigenvalue weighted by Gasteiger charge is 2.08. The van der Waals surface area contributed by atoms with E-state index in [1.54, 1.807) is 12.3 Å². The monoisotopic (exact) mass is 301 g/mol. The number of halogens is 1. The fourth-order valence-electron chi connectivity index (χ4n) is 1.19. The molecule has 1 unspecified atom stereocenters.